The second-order valence-electron chi connectivity index (χ2n) is 4.54. The van der Waals surface area contributed by atoms with Gasteiger partial charge < -0.3 is 14.8 Å². The molecule has 1 aliphatic rings. The van der Waals surface area contributed by atoms with Crippen LogP contribution in [-0.2, 0) is 23.9 Å². The van der Waals surface area contributed by atoms with Crippen LogP contribution in [0.3, 0.4) is 0 Å². The number of carbonyl (C=O) groups excluding carboxylic acids is 4. The van der Waals surface area contributed by atoms with Crippen LogP contribution in [0, 0.1) is 0 Å². The van der Waals surface area contributed by atoms with Crippen LogP contribution in [0.5, 0.6) is 0 Å². The average Bonchev–Trinajstić information content (AvgIpc) is 2.57. The van der Waals surface area contributed by atoms with Gasteiger partial charge in [0, 0.05) is 12.2 Å². The van der Waals surface area contributed by atoms with Gasteiger partial charge in [0.05, 0.1) is 13.7 Å². The quantitative estimate of drug-likeness (QED) is 0.418. The lowest BCUT2D eigenvalue weighted by Crippen LogP contribution is -2.40. The Bertz CT molecular complexity index is 469. The number of imide groups is 1. The smallest absolute Gasteiger partial charge is 0.331 e. The highest BCUT2D eigenvalue weighted by atomic mass is 16.5. The summed E-state index contributed by atoms with van der Waals surface area (Å²) in [7, 11) is 1.18. The van der Waals surface area contributed by atoms with Crippen molar-refractivity contribution in [1.82, 2.24) is 10.2 Å². The molecule has 1 heterocycles. The minimum absolute atomic E-state index is 0.0497. The summed E-state index contributed by atoms with van der Waals surface area (Å²) in [6.45, 7) is 2.96. The van der Waals surface area contributed by atoms with Crippen molar-refractivity contribution in [3.63, 3.8) is 0 Å². The van der Waals surface area contributed by atoms with Crippen molar-refractivity contribution >= 4 is 23.9 Å². The summed E-state index contributed by atoms with van der Waals surface area (Å²) in [5.74, 6) is -1.83. The van der Waals surface area contributed by atoms with E-state index >= 15 is 0 Å². The number of esters is 2. The Hall–Kier alpha value is -2.38. The molecule has 20 heavy (non-hydrogen) atoms. The normalized spacial score (nSPS) is 17.2. The first-order chi connectivity index (χ1) is 9.27. The summed E-state index contributed by atoms with van der Waals surface area (Å²) in [6.07, 6.45) is 1.82. The monoisotopic (exact) mass is 284 g/mol. The Kier molecular flexibility index (Phi) is 4.84. The molecule has 0 aromatic heterocycles. The largest absolute Gasteiger partial charge is 0.466 e. The molecule has 1 N–H and O–H groups in total. The molecule has 1 rings (SSSR count). The van der Waals surface area contributed by atoms with E-state index < -0.39 is 23.5 Å². The van der Waals surface area contributed by atoms with E-state index in [0.717, 1.165) is 17.1 Å². The molecule has 0 unspecified atom stereocenters. The summed E-state index contributed by atoms with van der Waals surface area (Å²) in [4.78, 5) is 46.2. The summed E-state index contributed by atoms with van der Waals surface area (Å²) in [5, 5.41) is 2.50. The van der Waals surface area contributed by atoms with E-state index in [4.69, 9.17) is 4.74 Å². The van der Waals surface area contributed by atoms with Crippen LogP contribution in [0.15, 0.2) is 12.2 Å². The van der Waals surface area contributed by atoms with Gasteiger partial charge in [-0.3, -0.25) is 9.69 Å². The molecule has 0 aromatic carbocycles. The predicted octanol–water partition coefficient (Wildman–Crippen LogP) is -0.411. The number of carbonyl (C=O) groups is 4. The summed E-state index contributed by atoms with van der Waals surface area (Å²) in [5.41, 5.74) is -0.953. The topological polar surface area (TPSA) is 102 Å². The fourth-order valence-electron chi connectivity index (χ4n) is 1.51. The minimum Gasteiger partial charge on any atom is -0.466 e. The van der Waals surface area contributed by atoms with Crippen molar-refractivity contribution in [3.05, 3.63) is 12.2 Å². The van der Waals surface area contributed by atoms with E-state index in [1.165, 1.54) is 7.11 Å². The standard InChI is InChI=1S/C12H16N2O6/c1-12(2)10(17)14(11(18)13-12)6-7-20-9(16)5-4-8(15)19-3/h4-5H,6-7H2,1-3H3,(H,13,18). The van der Waals surface area contributed by atoms with Crippen LogP contribution < -0.4 is 5.32 Å². The predicted molar refractivity (Wildman–Crippen MR) is 66.4 cm³/mol. The van der Waals surface area contributed by atoms with Crippen molar-refractivity contribution in [3.8, 4) is 0 Å². The van der Waals surface area contributed by atoms with E-state index in [-0.39, 0.29) is 19.1 Å². The van der Waals surface area contributed by atoms with E-state index in [9.17, 15) is 19.2 Å². The Balaban J connectivity index is 2.40. The van der Waals surface area contributed by atoms with Gasteiger partial charge in [-0.15, -0.1) is 0 Å². The first kappa shape index (κ1) is 15.7. The molecule has 8 nitrogen and oxygen atoms in total. The number of ether oxygens (including phenoxy) is 2. The summed E-state index contributed by atoms with van der Waals surface area (Å²) in [6, 6.07) is -0.527. The lowest BCUT2D eigenvalue weighted by Gasteiger charge is -2.15. The zero-order valence-corrected chi connectivity index (χ0v) is 11.5. The molecule has 1 aliphatic heterocycles. The molecule has 1 saturated heterocycles. The molecule has 0 saturated carbocycles. The molecule has 0 bridgehead atoms. The van der Waals surface area contributed by atoms with Gasteiger partial charge >= 0.3 is 18.0 Å². The highest BCUT2D eigenvalue weighted by molar-refractivity contribution is 6.06. The maximum Gasteiger partial charge on any atom is 0.331 e. The van der Waals surface area contributed by atoms with E-state index in [0.29, 0.717) is 0 Å². The van der Waals surface area contributed by atoms with Gasteiger partial charge in [-0.2, -0.15) is 0 Å². The molecule has 0 atom stereocenters. The van der Waals surface area contributed by atoms with Crippen molar-refractivity contribution in [1.29, 1.82) is 0 Å². The van der Waals surface area contributed by atoms with E-state index in [2.05, 4.69) is 10.1 Å². The van der Waals surface area contributed by atoms with Crippen LogP contribution >= 0.6 is 0 Å². The molecule has 3 amide bonds. The van der Waals surface area contributed by atoms with Gasteiger partial charge in [-0.25, -0.2) is 14.4 Å². The number of nitrogens with zero attached hydrogens (tertiary/aromatic N) is 1. The minimum atomic E-state index is -0.953. The SMILES string of the molecule is COC(=O)C=CC(=O)OCCN1C(=O)NC(C)(C)C1=O. The Morgan fingerprint density at radius 1 is 1.25 bits per heavy atom. The van der Waals surface area contributed by atoms with Crippen molar-refractivity contribution in [2.75, 3.05) is 20.3 Å². The van der Waals surface area contributed by atoms with E-state index in [1.807, 2.05) is 0 Å². The highest BCUT2D eigenvalue weighted by Crippen LogP contribution is 2.15. The molecular weight excluding hydrogens is 268 g/mol. The molecule has 0 aliphatic carbocycles. The van der Waals surface area contributed by atoms with Crippen LogP contribution in [0.25, 0.3) is 0 Å². The Morgan fingerprint density at radius 3 is 2.35 bits per heavy atom. The maximum absolute atomic E-state index is 11.8. The second kappa shape index (κ2) is 6.18. The maximum atomic E-state index is 11.8. The highest BCUT2D eigenvalue weighted by Gasteiger charge is 2.43. The van der Waals surface area contributed by atoms with Gasteiger partial charge in [-0.05, 0) is 13.8 Å². The van der Waals surface area contributed by atoms with Crippen molar-refractivity contribution in [2.45, 2.75) is 19.4 Å². The zero-order chi connectivity index (χ0) is 15.3. The molecule has 0 aromatic rings. The van der Waals surface area contributed by atoms with Crippen molar-refractivity contribution in [2.24, 2.45) is 0 Å². The lowest BCUT2D eigenvalue weighted by atomic mass is 10.1. The molecular formula is C12H16N2O6. The van der Waals surface area contributed by atoms with E-state index in [1.54, 1.807) is 13.8 Å². The van der Waals surface area contributed by atoms with Crippen LogP contribution in [0.4, 0.5) is 4.79 Å². The Morgan fingerprint density at radius 2 is 1.85 bits per heavy atom. The second-order valence-corrected chi connectivity index (χ2v) is 4.54. The molecule has 0 spiro atoms. The van der Waals surface area contributed by atoms with Gasteiger partial charge in [0.1, 0.15) is 12.1 Å². The van der Waals surface area contributed by atoms with Crippen molar-refractivity contribution < 1.29 is 28.7 Å². The van der Waals surface area contributed by atoms with Gasteiger partial charge in [0.15, 0.2) is 0 Å². The number of methoxy groups -OCH3 is 1. The third kappa shape index (κ3) is 3.81. The fraction of sp³-hybridized carbons (Fsp3) is 0.500. The molecule has 8 heteroatoms. The molecule has 0 radical (unpaired) electrons. The number of hydrogen-bond acceptors (Lipinski definition) is 6. The van der Waals surface area contributed by atoms with Gasteiger partial charge in [0.2, 0.25) is 0 Å². The molecule has 110 valence electrons. The molecule has 1 fully saturated rings. The summed E-state index contributed by atoms with van der Waals surface area (Å²) >= 11 is 0. The van der Waals surface area contributed by atoms with Gasteiger partial charge in [0.25, 0.3) is 5.91 Å². The number of amides is 3. The number of hydrogen-bond donors (Lipinski definition) is 1. The first-order valence-electron chi connectivity index (χ1n) is 5.85. The average molecular weight is 284 g/mol. The number of urea groups is 1. The third-order valence-electron chi connectivity index (χ3n) is 2.56. The number of nitrogens with one attached hydrogen (secondary N) is 1. The third-order valence-corrected chi connectivity index (χ3v) is 2.56. The van der Waals surface area contributed by atoms with Gasteiger partial charge in [-0.1, -0.05) is 0 Å². The lowest BCUT2D eigenvalue weighted by molar-refractivity contribution is -0.140. The van der Waals surface area contributed by atoms with Crippen LogP contribution in [-0.4, -0.2) is 54.6 Å². The van der Waals surface area contributed by atoms with Crippen LogP contribution in [0.1, 0.15) is 13.8 Å². The number of rotatable bonds is 5. The first-order valence-corrected chi connectivity index (χ1v) is 5.85. The fourth-order valence-corrected chi connectivity index (χ4v) is 1.51. The zero-order valence-electron chi connectivity index (χ0n) is 11.5. The summed E-state index contributed by atoms with van der Waals surface area (Å²) < 4.78 is 9.05. The Labute approximate surface area is 115 Å². The van der Waals surface area contributed by atoms with Crippen LogP contribution in [0.2, 0.25) is 0 Å².